The fraction of sp³-hybridized carbons (Fsp3) is 0.111. The summed E-state index contributed by atoms with van der Waals surface area (Å²) in [5, 5.41) is 2.87. The molecule has 1 aromatic heterocycles. The number of hydrogen-bond acceptors (Lipinski definition) is 2. The largest absolute Gasteiger partial charge is 0.320 e. The van der Waals surface area contributed by atoms with Crippen molar-refractivity contribution >= 4 is 39.1 Å². The standard InChI is InChI=1S/C9H8BrClN2O/c1-2-3-8(14)13-7-4-6(10)5-12-9(7)11/h2-5H,1H3,(H,13,14)/b3-2+. The number of hydrogen-bond donors (Lipinski definition) is 1. The van der Waals surface area contributed by atoms with Crippen molar-refractivity contribution in [3.8, 4) is 0 Å². The summed E-state index contributed by atoms with van der Waals surface area (Å²) in [5.74, 6) is -0.227. The first kappa shape index (κ1) is 11.2. The molecule has 0 spiro atoms. The van der Waals surface area contributed by atoms with Gasteiger partial charge in [0.05, 0.1) is 5.69 Å². The van der Waals surface area contributed by atoms with Gasteiger partial charge in [0.25, 0.3) is 0 Å². The molecule has 0 aliphatic heterocycles. The molecule has 1 N–H and O–H groups in total. The summed E-state index contributed by atoms with van der Waals surface area (Å²) in [6.45, 7) is 1.76. The molecule has 3 nitrogen and oxygen atoms in total. The lowest BCUT2D eigenvalue weighted by Gasteiger charge is -2.03. The van der Waals surface area contributed by atoms with E-state index in [2.05, 4.69) is 26.2 Å². The molecule has 1 aromatic rings. The van der Waals surface area contributed by atoms with Crippen LogP contribution >= 0.6 is 27.5 Å². The highest BCUT2D eigenvalue weighted by Crippen LogP contribution is 2.22. The molecule has 14 heavy (non-hydrogen) atoms. The van der Waals surface area contributed by atoms with E-state index in [0.717, 1.165) is 4.47 Å². The molecule has 0 aromatic carbocycles. The maximum atomic E-state index is 11.2. The van der Waals surface area contributed by atoms with E-state index in [4.69, 9.17) is 11.6 Å². The number of rotatable bonds is 2. The van der Waals surface area contributed by atoms with Crippen LogP contribution in [0.25, 0.3) is 0 Å². The summed E-state index contributed by atoms with van der Waals surface area (Å²) in [4.78, 5) is 15.0. The lowest BCUT2D eigenvalue weighted by molar-refractivity contribution is -0.111. The van der Waals surface area contributed by atoms with Crippen molar-refractivity contribution in [1.82, 2.24) is 4.98 Å². The van der Waals surface area contributed by atoms with Gasteiger partial charge in [-0.05, 0) is 35.0 Å². The highest BCUT2D eigenvalue weighted by molar-refractivity contribution is 9.10. The lowest BCUT2D eigenvalue weighted by atomic mass is 10.4. The lowest BCUT2D eigenvalue weighted by Crippen LogP contribution is -2.08. The smallest absolute Gasteiger partial charge is 0.248 e. The number of carbonyl (C=O) groups excluding carboxylic acids is 1. The van der Waals surface area contributed by atoms with Gasteiger partial charge in [-0.3, -0.25) is 4.79 Å². The first-order valence-corrected chi connectivity index (χ1v) is 5.05. The van der Waals surface area contributed by atoms with Crippen molar-refractivity contribution in [1.29, 1.82) is 0 Å². The number of nitrogens with zero attached hydrogens (tertiary/aromatic N) is 1. The second kappa shape index (κ2) is 5.12. The van der Waals surface area contributed by atoms with Gasteiger partial charge in [-0.15, -0.1) is 0 Å². The first-order valence-electron chi connectivity index (χ1n) is 3.88. The van der Waals surface area contributed by atoms with Gasteiger partial charge in [-0.1, -0.05) is 17.7 Å². The molecule has 5 heteroatoms. The number of pyridine rings is 1. The van der Waals surface area contributed by atoms with Gasteiger partial charge in [0.2, 0.25) is 5.91 Å². The molecule has 0 bridgehead atoms. The Labute approximate surface area is 95.3 Å². The second-order valence-corrected chi connectivity index (χ2v) is 3.75. The maximum absolute atomic E-state index is 11.2. The molecule has 0 fully saturated rings. The zero-order valence-electron chi connectivity index (χ0n) is 7.42. The Hall–Kier alpha value is -0.870. The van der Waals surface area contributed by atoms with Gasteiger partial charge in [0.1, 0.15) is 0 Å². The molecule has 0 radical (unpaired) electrons. The number of aromatic nitrogens is 1. The summed E-state index contributed by atoms with van der Waals surface area (Å²) >= 11 is 9.00. The molecular formula is C9H8BrClN2O. The minimum absolute atomic E-state index is 0.227. The number of carbonyl (C=O) groups is 1. The van der Waals surface area contributed by atoms with Crippen LogP contribution in [0.1, 0.15) is 6.92 Å². The average Bonchev–Trinajstić information content (AvgIpc) is 2.12. The Morgan fingerprint density at radius 2 is 2.43 bits per heavy atom. The molecule has 74 valence electrons. The minimum atomic E-state index is -0.227. The first-order chi connectivity index (χ1) is 6.63. The van der Waals surface area contributed by atoms with Gasteiger partial charge in [0.15, 0.2) is 5.15 Å². The highest BCUT2D eigenvalue weighted by atomic mass is 79.9. The van der Waals surface area contributed by atoms with Crippen LogP contribution in [0.15, 0.2) is 28.9 Å². The Morgan fingerprint density at radius 1 is 1.71 bits per heavy atom. The summed E-state index contributed by atoms with van der Waals surface area (Å²) in [6, 6.07) is 1.69. The fourth-order valence-electron chi connectivity index (χ4n) is 0.836. The van der Waals surface area contributed by atoms with Gasteiger partial charge in [0, 0.05) is 10.7 Å². The third-order valence-corrected chi connectivity index (χ3v) is 2.12. The predicted octanol–water partition coefficient (Wildman–Crippen LogP) is 3.01. The topological polar surface area (TPSA) is 42.0 Å². The SMILES string of the molecule is C/C=C/C(=O)Nc1cc(Br)cnc1Cl. The monoisotopic (exact) mass is 274 g/mol. The third-order valence-electron chi connectivity index (χ3n) is 1.38. The summed E-state index contributed by atoms with van der Waals surface area (Å²) in [6.07, 6.45) is 4.62. The zero-order valence-corrected chi connectivity index (χ0v) is 9.76. The maximum Gasteiger partial charge on any atom is 0.248 e. The molecule has 0 saturated heterocycles. The van der Waals surface area contributed by atoms with E-state index in [1.165, 1.54) is 6.08 Å². The van der Waals surface area contributed by atoms with Crippen molar-refractivity contribution in [3.63, 3.8) is 0 Å². The van der Waals surface area contributed by atoms with Crippen LogP contribution in [0.4, 0.5) is 5.69 Å². The molecule has 0 unspecified atom stereocenters. The van der Waals surface area contributed by atoms with E-state index in [0.29, 0.717) is 5.69 Å². The average molecular weight is 276 g/mol. The minimum Gasteiger partial charge on any atom is -0.320 e. The van der Waals surface area contributed by atoms with Crippen molar-refractivity contribution in [2.24, 2.45) is 0 Å². The number of anilines is 1. The van der Waals surface area contributed by atoms with Crippen LogP contribution < -0.4 is 5.32 Å². The van der Waals surface area contributed by atoms with Crippen LogP contribution in [0.5, 0.6) is 0 Å². The Balaban J connectivity index is 2.85. The van der Waals surface area contributed by atoms with Crippen LogP contribution in [-0.4, -0.2) is 10.9 Å². The van der Waals surface area contributed by atoms with Crippen LogP contribution in [0.3, 0.4) is 0 Å². The van der Waals surface area contributed by atoms with Gasteiger partial charge < -0.3 is 5.32 Å². The van der Waals surface area contributed by atoms with Crippen molar-refractivity contribution in [2.45, 2.75) is 6.92 Å². The van der Waals surface area contributed by atoms with E-state index in [1.54, 1.807) is 25.3 Å². The predicted molar refractivity (Wildman–Crippen MR) is 60.4 cm³/mol. The van der Waals surface area contributed by atoms with E-state index in [9.17, 15) is 4.79 Å². The molecule has 1 amide bonds. The normalized spacial score (nSPS) is 10.5. The molecule has 1 heterocycles. The molecule has 0 aliphatic carbocycles. The second-order valence-electron chi connectivity index (χ2n) is 2.48. The van der Waals surface area contributed by atoms with Crippen LogP contribution in [-0.2, 0) is 4.79 Å². The summed E-state index contributed by atoms with van der Waals surface area (Å²) in [5.41, 5.74) is 0.490. The Morgan fingerprint density at radius 3 is 3.07 bits per heavy atom. The quantitative estimate of drug-likeness (QED) is 0.666. The Bertz CT molecular complexity index is 379. The summed E-state index contributed by atoms with van der Waals surface area (Å²) in [7, 11) is 0. The van der Waals surface area contributed by atoms with Crippen molar-refractivity contribution < 1.29 is 4.79 Å². The van der Waals surface area contributed by atoms with E-state index in [-0.39, 0.29) is 11.1 Å². The number of halogens is 2. The Kier molecular flexibility index (Phi) is 4.10. The zero-order chi connectivity index (χ0) is 10.6. The fourth-order valence-corrected chi connectivity index (χ4v) is 1.32. The van der Waals surface area contributed by atoms with Crippen LogP contribution in [0, 0.1) is 0 Å². The van der Waals surface area contributed by atoms with Crippen molar-refractivity contribution in [2.75, 3.05) is 5.32 Å². The highest BCUT2D eigenvalue weighted by Gasteiger charge is 2.04. The molecule has 0 aliphatic rings. The third kappa shape index (κ3) is 3.12. The molecule has 0 saturated carbocycles. The van der Waals surface area contributed by atoms with E-state index >= 15 is 0 Å². The molecule has 1 rings (SSSR count). The molecule has 0 atom stereocenters. The van der Waals surface area contributed by atoms with Gasteiger partial charge in [-0.2, -0.15) is 0 Å². The van der Waals surface area contributed by atoms with E-state index < -0.39 is 0 Å². The van der Waals surface area contributed by atoms with Gasteiger partial charge >= 0.3 is 0 Å². The molecular weight excluding hydrogens is 267 g/mol. The number of allylic oxidation sites excluding steroid dienone is 1. The summed E-state index contributed by atoms with van der Waals surface area (Å²) < 4.78 is 0.762. The van der Waals surface area contributed by atoms with Crippen molar-refractivity contribution in [3.05, 3.63) is 34.0 Å². The van der Waals surface area contributed by atoms with Crippen LogP contribution in [0.2, 0.25) is 5.15 Å². The van der Waals surface area contributed by atoms with E-state index in [1.807, 2.05) is 0 Å². The number of nitrogens with one attached hydrogen (secondary N) is 1. The van der Waals surface area contributed by atoms with Gasteiger partial charge in [-0.25, -0.2) is 4.98 Å². The number of amides is 1.